The normalized spacial score (nSPS) is 24.0. The molecular weight excluding hydrogens is 246 g/mol. The molecule has 104 valence electrons. The number of nitrogens with zero attached hydrogens (tertiary/aromatic N) is 1. The summed E-state index contributed by atoms with van der Waals surface area (Å²) in [6.07, 6.45) is 4.78. The lowest BCUT2D eigenvalue weighted by atomic mass is 10.1. The SMILES string of the molecule is Fc1cccc(F)c1CN1CCCC1CNC1CC1. The van der Waals surface area contributed by atoms with Gasteiger partial charge in [0.15, 0.2) is 0 Å². The molecule has 2 aliphatic rings. The zero-order chi connectivity index (χ0) is 13.2. The van der Waals surface area contributed by atoms with Crippen molar-refractivity contribution in [1.29, 1.82) is 0 Å². The lowest BCUT2D eigenvalue weighted by Crippen LogP contribution is -2.38. The van der Waals surface area contributed by atoms with E-state index < -0.39 is 11.6 Å². The van der Waals surface area contributed by atoms with Crippen LogP contribution in [-0.4, -0.2) is 30.1 Å². The third kappa shape index (κ3) is 3.12. The topological polar surface area (TPSA) is 15.3 Å². The second-order valence-electron chi connectivity index (χ2n) is 5.65. The Morgan fingerprint density at radius 3 is 2.58 bits per heavy atom. The predicted molar refractivity (Wildman–Crippen MR) is 70.8 cm³/mol. The van der Waals surface area contributed by atoms with Crippen molar-refractivity contribution in [3.05, 3.63) is 35.4 Å². The second-order valence-corrected chi connectivity index (χ2v) is 5.65. The number of likely N-dealkylation sites (tertiary alicyclic amines) is 1. The van der Waals surface area contributed by atoms with Gasteiger partial charge in [0.05, 0.1) is 0 Å². The molecule has 19 heavy (non-hydrogen) atoms. The molecule has 4 heteroatoms. The number of nitrogens with one attached hydrogen (secondary N) is 1. The van der Waals surface area contributed by atoms with Crippen molar-refractivity contribution in [3.8, 4) is 0 Å². The molecule has 3 rings (SSSR count). The number of benzene rings is 1. The smallest absolute Gasteiger partial charge is 0.130 e. The van der Waals surface area contributed by atoms with E-state index in [4.69, 9.17) is 0 Å². The van der Waals surface area contributed by atoms with Crippen LogP contribution >= 0.6 is 0 Å². The maximum Gasteiger partial charge on any atom is 0.130 e. The molecule has 2 nitrogen and oxygen atoms in total. The van der Waals surface area contributed by atoms with Crippen LogP contribution in [0.4, 0.5) is 8.78 Å². The van der Waals surface area contributed by atoms with Crippen LogP contribution in [0.5, 0.6) is 0 Å². The largest absolute Gasteiger partial charge is 0.312 e. The molecule has 1 aromatic carbocycles. The molecule has 1 saturated heterocycles. The number of hydrogen-bond acceptors (Lipinski definition) is 2. The summed E-state index contributed by atoms with van der Waals surface area (Å²) in [6, 6.07) is 5.20. The number of rotatable bonds is 5. The Kier molecular flexibility index (Phi) is 3.80. The molecule has 0 amide bonds. The Morgan fingerprint density at radius 1 is 1.16 bits per heavy atom. The molecule has 1 saturated carbocycles. The van der Waals surface area contributed by atoms with Crippen LogP contribution in [0, 0.1) is 11.6 Å². The van der Waals surface area contributed by atoms with Gasteiger partial charge in [-0.15, -0.1) is 0 Å². The summed E-state index contributed by atoms with van der Waals surface area (Å²) in [5, 5.41) is 3.51. The van der Waals surface area contributed by atoms with Gasteiger partial charge >= 0.3 is 0 Å². The highest BCUT2D eigenvalue weighted by molar-refractivity contribution is 5.19. The minimum atomic E-state index is -0.430. The Hall–Kier alpha value is -1.00. The van der Waals surface area contributed by atoms with Crippen molar-refractivity contribution in [2.45, 2.75) is 44.3 Å². The summed E-state index contributed by atoms with van der Waals surface area (Å²) < 4.78 is 27.3. The van der Waals surface area contributed by atoms with Crippen LogP contribution in [-0.2, 0) is 6.54 Å². The molecule has 1 unspecified atom stereocenters. The first kappa shape index (κ1) is 13.0. The van der Waals surface area contributed by atoms with Crippen LogP contribution in [0.3, 0.4) is 0 Å². The van der Waals surface area contributed by atoms with Crippen molar-refractivity contribution in [3.63, 3.8) is 0 Å². The van der Waals surface area contributed by atoms with E-state index in [0.717, 1.165) is 25.9 Å². The first-order chi connectivity index (χ1) is 9.24. The van der Waals surface area contributed by atoms with E-state index in [9.17, 15) is 8.78 Å². The van der Waals surface area contributed by atoms with Crippen molar-refractivity contribution in [2.75, 3.05) is 13.1 Å². The molecule has 0 aromatic heterocycles. The summed E-state index contributed by atoms with van der Waals surface area (Å²) in [5.41, 5.74) is 0.209. The molecular formula is C15H20F2N2. The molecule has 1 aliphatic heterocycles. The number of halogens is 2. The molecule has 1 aliphatic carbocycles. The first-order valence-corrected chi connectivity index (χ1v) is 7.14. The van der Waals surface area contributed by atoms with Crippen molar-refractivity contribution in [1.82, 2.24) is 10.2 Å². The molecule has 1 heterocycles. The summed E-state index contributed by atoms with van der Waals surface area (Å²) >= 11 is 0. The average molecular weight is 266 g/mol. The van der Waals surface area contributed by atoms with Crippen molar-refractivity contribution >= 4 is 0 Å². The fourth-order valence-electron chi connectivity index (χ4n) is 2.81. The molecule has 1 aromatic rings. The Balaban J connectivity index is 1.63. The van der Waals surface area contributed by atoms with E-state index in [2.05, 4.69) is 10.2 Å². The Bertz CT molecular complexity index is 426. The molecule has 0 bridgehead atoms. The van der Waals surface area contributed by atoms with Gasteiger partial charge in [-0.1, -0.05) is 6.07 Å². The van der Waals surface area contributed by atoms with Crippen LogP contribution in [0.15, 0.2) is 18.2 Å². The van der Waals surface area contributed by atoms with E-state index >= 15 is 0 Å². The van der Waals surface area contributed by atoms with Crippen molar-refractivity contribution < 1.29 is 8.78 Å². The highest BCUT2D eigenvalue weighted by atomic mass is 19.1. The molecule has 1 N–H and O–H groups in total. The van der Waals surface area contributed by atoms with Gasteiger partial charge in [0.25, 0.3) is 0 Å². The molecule has 1 atom stereocenters. The Morgan fingerprint density at radius 2 is 1.89 bits per heavy atom. The average Bonchev–Trinajstić information content (AvgIpc) is 3.11. The summed E-state index contributed by atoms with van der Waals surface area (Å²) in [4.78, 5) is 2.21. The molecule has 0 radical (unpaired) electrons. The molecule has 0 spiro atoms. The maximum absolute atomic E-state index is 13.7. The minimum Gasteiger partial charge on any atom is -0.312 e. The molecule has 2 fully saturated rings. The maximum atomic E-state index is 13.7. The van der Waals surface area contributed by atoms with Crippen LogP contribution < -0.4 is 5.32 Å². The van der Waals surface area contributed by atoms with Gasteiger partial charge in [0.2, 0.25) is 0 Å². The summed E-state index contributed by atoms with van der Waals surface area (Å²) in [7, 11) is 0. The first-order valence-electron chi connectivity index (χ1n) is 7.14. The van der Waals surface area contributed by atoms with Gasteiger partial charge in [-0.25, -0.2) is 8.78 Å². The monoisotopic (exact) mass is 266 g/mol. The van der Waals surface area contributed by atoms with E-state index in [1.54, 1.807) is 0 Å². The zero-order valence-electron chi connectivity index (χ0n) is 11.0. The van der Waals surface area contributed by atoms with Gasteiger partial charge in [-0.3, -0.25) is 4.90 Å². The van der Waals surface area contributed by atoms with Crippen molar-refractivity contribution in [2.24, 2.45) is 0 Å². The summed E-state index contributed by atoms with van der Waals surface area (Å²) in [6.45, 7) is 2.26. The third-order valence-electron chi connectivity index (χ3n) is 4.14. The third-order valence-corrected chi connectivity index (χ3v) is 4.14. The van der Waals surface area contributed by atoms with E-state index in [1.165, 1.54) is 31.0 Å². The Labute approximate surface area is 112 Å². The predicted octanol–water partition coefficient (Wildman–Crippen LogP) is 2.68. The van der Waals surface area contributed by atoms with Gasteiger partial charge in [-0.05, 0) is 44.4 Å². The van der Waals surface area contributed by atoms with E-state index in [1.807, 2.05) is 0 Å². The fraction of sp³-hybridized carbons (Fsp3) is 0.600. The standard InChI is InChI=1S/C15H20F2N2/c16-14-4-1-5-15(17)13(14)10-19-8-2-3-12(19)9-18-11-6-7-11/h1,4-5,11-12,18H,2-3,6-10H2. The van der Waals surface area contributed by atoms with Crippen LogP contribution in [0.25, 0.3) is 0 Å². The highest BCUT2D eigenvalue weighted by Crippen LogP contribution is 2.24. The highest BCUT2D eigenvalue weighted by Gasteiger charge is 2.28. The van der Waals surface area contributed by atoms with Gasteiger partial charge in [0.1, 0.15) is 11.6 Å². The number of hydrogen-bond donors (Lipinski definition) is 1. The minimum absolute atomic E-state index is 0.209. The van der Waals surface area contributed by atoms with Gasteiger partial charge in [-0.2, -0.15) is 0 Å². The van der Waals surface area contributed by atoms with Gasteiger partial charge < -0.3 is 5.32 Å². The van der Waals surface area contributed by atoms with Gasteiger partial charge in [0, 0.05) is 30.7 Å². The second kappa shape index (κ2) is 5.55. The van der Waals surface area contributed by atoms with Crippen LogP contribution in [0.1, 0.15) is 31.2 Å². The van der Waals surface area contributed by atoms with E-state index in [0.29, 0.717) is 18.6 Å². The fourth-order valence-corrected chi connectivity index (χ4v) is 2.81. The lowest BCUT2D eigenvalue weighted by molar-refractivity contribution is 0.232. The summed E-state index contributed by atoms with van der Waals surface area (Å²) in [5.74, 6) is -0.860. The van der Waals surface area contributed by atoms with Crippen LogP contribution in [0.2, 0.25) is 0 Å². The zero-order valence-corrected chi connectivity index (χ0v) is 11.0. The quantitative estimate of drug-likeness (QED) is 0.881. The van der Waals surface area contributed by atoms with E-state index in [-0.39, 0.29) is 5.56 Å². The lowest BCUT2D eigenvalue weighted by Gasteiger charge is -2.25.